The van der Waals surface area contributed by atoms with E-state index in [0.717, 1.165) is 22.2 Å². The molecule has 194 valence electrons. The average Bonchev–Trinajstić information content (AvgIpc) is 3.32. The lowest BCUT2D eigenvalue weighted by atomic mass is 10.1. The predicted molar refractivity (Wildman–Crippen MR) is 150 cm³/mol. The van der Waals surface area contributed by atoms with Crippen molar-refractivity contribution in [3.05, 3.63) is 94.3 Å². The molecule has 0 aliphatic rings. The highest BCUT2D eigenvalue weighted by atomic mass is 32.2. The van der Waals surface area contributed by atoms with E-state index in [4.69, 9.17) is 0 Å². The fourth-order valence-corrected chi connectivity index (χ4v) is 6.77. The highest BCUT2D eigenvalue weighted by Crippen LogP contribution is 2.26. The summed E-state index contributed by atoms with van der Waals surface area (Å²) in [7, 11) is -3.98. The molecule has 4 rings (SSSR count). The Labute approximate surface area is 223 Å². The van der Waals surface area contributed by atoms with Crippen molar-refractivity contribution in [1.29, 1.82) is 0 Å². The van der Waals surface area contributed by atoms with Gasteiger partial charge in [-0.3, -0.25) is 9.78 Å². The van der Waals surface area contributed by atoms with Crippen molar-refractivity contribution in [2.45, 2.75) is 45.2 Å². The number of thiophene rings is 1. The lowest BCUT2D eigenvalue weighted by Crippen LogP contribution is -2.44. The van der Waals surface area contributed by atoms with Crippen LogP contribution in [0.25, 0.3) is 10.9 Å². The Kier molecular flexibility index (Phi) is 8.74. The Bertz CT molecular complexity index is 1450. The molecule has 0 aliphatic heterocycles. The topological polar surface area (TPSA) is 70.6 Å². The van der Waals surface area contributed by atoms with E-state index in [-0.39, 0.29) is 29.8 Å². The molecule has 0 spiro atoms. The molecule has 0 fully saturated rings. The Morgan fingerprint density at radius 3 is 2.43 bits per heavy atom. The van der Waals surface area contributed by atoms with Gasteiger partial charge in [0.1, 0.15) is 4.90 Å². The van der Waals surface area contributed by atoms with Gasteiger partial charge in [-0.15, -0.1) is 11.3 Å². The second-order valence-corrected chi connectivity index (χ2v) is 12.7. The second kappa shape index (κ2) is 12.0. The SMILES string of the molecule is CCC(C)CN(CC(=O)N(Cc1ccccc1)Cc1ccc(C)s1)S(=O)(=O)c1cccc2cccnc12. The third-order valence-corrected chi connectivity index (χ3v) is 9.28. The van der Waals surface area contributed by atoms with Crippen LogP contribution in [-0.2, 0) is 27.9 Å². The number of benzene rings is 2. The monoisotopic (exact) mass is 535 g/mol. The van der Waals surface area contributed by atoms with Gasteiger partial charge in [0, 0.05) is 34.4 Å². The fourth-order valence-electron chi connectivity index (χ4n) is 4.19. The molecular weight excluding hydrogens is 502 g/mol. The Balaban J connectivity index is 1.67. The van der Waals surface area contributed by atoms with E-state index in [1.54, 1.807) is 40.6 Å². The number of nitrogens with zero attached hydrogens (tertiary/aromatic N) is 3. The minimum absolute atomic E-state index is 0.0908. The van der Waals surface area contributed by atoms with Gasteiger partial charge in [0.15, 0.2) is 0 Å². The van der Waals surface area contributed by atoms with E-state index in [1.807, 2.05) is 75.4 Å². The first-order valence-electron chi connectivity index (χ1n) is 12.5. The number of aromatic nitrogens is 1. The van der Waals surface area contributed by atoms with Gasteiger partial charge >= 0.3 is 0 Å². The number of hydrogen-bond donors (Lipinski definition) is 0. The zero-order valence-electron chi connectivity index (χ0n) is 21.5. The molecule has 1 amide bonds. The predicted octanol–water partition coefficient (Wildman–Crippen LogP) is 5.87. The van der Waals surface area contributed by atoms with Crippen molar-refractivity contribution >= 4 is 38.2 Å². The third-order valence-electron chi connectivity index (χ3n) is 6.45. The molecule has 0 saturated carbocycles. The van der Waals surface area contributed by atoms with Crippen molar-refractivity contribution in [1.82, 2.24) is 14.2 Å². The molecule has 2 heterocycles. The fraction of sp³-hybridized carbons (Fsp3) is 0.310. The lowest BCUT2D eigenvalue weighted by molar-refractivity contribution is -0.132. The van der Waals surface area contributed by atoms with Gasteiger partial charge in [-0.25, -0.2) is 8.42 Å². The molecule has 0 bridgehead atoms. The van der Waals surface area contributed by atoms with E-state index in [2.05, 4.69) is 4.98 Å². The molecule has 2 aromatic heterocycles. The van der Waals surface area contributed by atoms with E-state index >= 15 is 0 Å². The average molecular weight is 536 g/mol. The zero-order valence-corrected chi connectivity index (χ0v) is 23.1. The van der Waals surface area contributed by atoms with Crippen LogP contribution < -0.4 is 0 Å². The van der Waals surface area contributed by atoms with E-state index < -0.39 is 10.0 Å². The first kappa shape index (κ1) is 27.0. The molecule has 0 saturated heterocycles. The molecule has 1 atom stereocenters. The number of para-hydroxylation sites is 1. The molecule has 4 aromatic rings. The van der Waals surface area contributed by atoms with Crippen LogP contribution >= 0.6 is 11.3 Å². The second-order valence-electron chi connectivity index (χ2n) is 9.39. The summed E-state index contributed by atoms with van der Waals surface area (Å²) in [5, 5.41) is 0.747. The first-order valence-corrected chi connectivity index (χ1v) is 14.7. The molecule has 6 nitrogen and oxygen atoms in total. The maximum absolute atomic E-state index is 14.0. The van der Waals surface area contributed by atoms with Crippen molar-refractivity contribution in [2.24, 2.45) is 5.92 Å². The van der Waals surface area contributed by atoms with Crippen molar-refractivity contribution in [3.63, 3.8) is 0 Å². The van der Waals surface area contributed by atoms with Crippen LogP contribution in [0.4, 0.5) is 0 Å². The van der Waals surface area contributed by atoms with E-state index in [9.17, 15) is 13.2 Å². The summed E-state index contributed by atoms with van der Waals surface area (Å²) in [4.78, 5) is 22.3. The van der Waals surface area contributed by atoms with Crippen molar-refractivity contribution in [2.75, 3.05) is 13.1 Å². The van der Waals surface area contributed by atoms with Crippen LogP contribution in [0.5, 0.6) is 0 Å². The molecule has 2 aromatic carbocycles. The van der Waals surface area contributed by atoms with E-state index in [1.165, 1.54) is 9.18 Å². The minimum Gasteiger partial charge on any atom is -0.332 e. The highest BCUT2D eigenvalue weighted by molar-refractivity contribution is 7.89. The summed E-state index contributed by atoms with van der Waals surface area (Å²) in [5.41, 5.74) is 1.42. The standard InChI is InChI=1S/C29H33N3O3S2/c1-4-22(2)18-32(37(34,35)27-14-8-12-25-13-9-17-30-29(25)27)21-28(33)31(19-24-10-6-5-7-11-24)20-26-16-15-23(3)36-26/h5-17,22H,4,18-21H2,1-3H3. The minimum atomic E-state index is -3.98. The summed E-state index contributed by atoms with van der Waals surface area (Å²) in [5.74, 6) is -0.136. The van der Waals surface area contributed by atoms with Crippen LogP contribution in [0, 0.1) is 12.8 Å². The van der Waals surface area contributed by atoms with E-state index in [0.29, 0.717) is 18.6 Å². The first-order chi connectivity index (χ1) is 17.8. The number of aryl methyl sites for hydroxylation is 1. The normalized spacial score (nSPS) is 12.6. The number of fused-ring (bicyclic) bond motifs is 1. The molecular formula is C29H33N3O3S2. The summed E-state index contributed by atoms with van der Waals surface area (Å²) < 4.78 is 29.3. The number of hydrogen-bond acceptors (Lipinski definition) is 5. The smallest absolute Gasteiger partial charge is 0.245 e. The third kappa shape index (κ3) is 6.63. The van der Waals surface area contributed by atoms with Gasteiger partial charge in [-0.1, -0.05) is 68.8 Å². The number of carbonyl (C=O) groups excluding carboxylic acids is 1. The van der Waals surface area contributed by atoms with Crippen LogP contribution in [0.2, 0.25) is 0 Å². The molecule has 0 aliphatic carbocycles. The van der Waals surface area contributed by atoms with Crippen LogP contribution in [-0.4, -0.2) is 41.6 Å². The number of carbonyl (C=O) groups is 1. The van der Waals surface area contributed by atoms with Gasteiger partial charge in [-0.2, -0.15) is 4.31 Å². The van der Waals surface area contributed by atoms with Crippen LogP contribution in [0.1, 0.15) is 35.6 Å². The zero-order chi connectivity index (χ0) is 26.4. The maximum Gasteiger partial charge on any atom is 0.245 e. The molecule has 0 radical (unpaired) electrons. The number of pyridine rings is 1. The Morgan fingerprint density at radius 1 is 0.973 bits per heavy atom. The molecule has 37 heavy (non-hydrogen) atoms. The molecule has 1 unspecified atom stereocenters. The Hall–Kier alpha value is -3.07. The number of amides is 1. The highest BCUT2D eigenvalue weighted by Gasteiger charge is 2.31. The van der Waals surface area contributed by atoms with Crippen molar-refractivity contribution in [3.8, 4) is 0 Å². The quantitative estimate of drug-likeness (QED) is 0.241. The number of rotatable bonds is 11. The van der Waals surface area contributed by atoms with Crippen LogP contribution in [0.15, 0.2) is 83.9 Å². The van der Waals surface area contributed by atoms with Crippen molar-refractivity contribution < 1.29 is 13.2 Å². The largest absolute Gasteiger partial charge is 0.332 e. The van der Waals surface area contributed by atoms with Gasteiger partial charge in [-0.05, 0) is 42.7 Å². The van der Waals surface area contributed by atoms with Crippen LogP contribution in [0.3, 0.4) is 0 Å². The summed E-state index contributed by atoms with van der Waals surface area (Å²) in [6.07, 6.45) is 2.40. The Morgan fingerprint density at radius 2 is 1.73 bits per heavy atom. The molecule has 8 heteroatoms. The van der Waals surface area contributed by atoms with Gasteiger partial charge in [0.2, 0.25) is 15.9 Å². The van der Waals surface area contributed by atoms with Gasteiger partial charge < -0.3 is 4.90 Å². The van der Waals surface area contributed by atoms with Gasteiger partial charge in [0.05, 0.1) is 18.6 Å². The maximum atomic E-state index is 14.0. The molecule has 0 N–H and O–H groups in total. The summed E-state index contributed by atoms with van der Waals surface area (Å²) in [6, 6.07) is 22.6. The van der Waals surface area contributed by atoms with Gasteiger partial charge in [0.25, 0.3) is 0 Å². The number of sulfonamides is 1. The summed E-state index contributed by atoms with van der Waals surface area (Å²) in [6.45, 7) is 6.93. The summed E-state index contributed by atoms with van der Waals surface area (Å²) >= 11 is 1.65. The lowest BCUT2D eigenvalue weighted by Gasteiger charge is -2.29.